The number of ether oxygens (including phenoxy) is 1. The van der Waals surface area contributed by atoms with Crippen molar-refractivity contribution in [3.63, 3.8) is 0 Å². The van der Waals surface area contributed by atoms with Gasteiger partial charge in [-0.3, -0.25) is 0 Å². The summed E-state index contributed by atoms with van der Waals surface area (Å²) >= 11 is 9.31. The molecule has 0 fully saturated rings. The van der Waals surface area contributed by atoms with Crippen LogP contribution >= 0.6 is 27.5 Å². The molecule has 1 heterocycles. The van der Waals surface area contributed by atoms with E-state index in [-0.39, 0.29) is 0 Å². The molecule has 0 atom stereocenters. The molecule has 0 bridgehead atoms. The minimum atomic E-state index is 0.596. The van der Waals surface area contributed by atoms with Crippen molar-refractivity contribution in [3.05, 3.63) is 51.1 Å². The summed E-state index contributed by atoms with van der Waals surface area (Å²) in [4.78, 5) is 4.23. The van der Waals surface area contributed by atoms with Crippen LogP contribution in [-0.2, 0) is 0 Å². The van der Waals surface area contributed by atoms with Crippen LogP contribution in [0.3, 0.4) is 0 Å². The molecule has 0 unspecified atom stereocenters. The van der Waals surface area contributed by atoms with Gasteiger partial charge in [-0.1, -0.05) is 17.7 Å². The predicted molar refractivity (Wildman–Crippen MR) is 72.9 cm³/mol. The molecule has 0 spiro atoms. The first-order valence-corrected chi connectivity index (χ1v) is 6.29. The van der Waals surface area contributed by atoms with Crippen molar-refractivity contribution in [2.75, 3.05) is 0 Å². The number of halogens is 2. The first kappa shape index (κ1) is 12.4. The number of aromatic nitrogens is 1. The summed E-state index contributed by atoms with van der Waals surface area (Å²) in [6.07, 6.45) is 1.71. The van der Waals surface area contributed by atoms with E-state index in [1.807, 2.05) is 32.0 Å². The van der Waals surface area contributed by atoms with Gasteiger partial charge in [0.1, 0.15) is 5.75 Å². The zero-order valence-corrected chi connectivity index (χ0v) is 11.8. The molecule has 0 N–H and O–H groups in total. The minimum Gasteiger partial charge on any atom is -0.438 e. The van der Waals surface area contributed by atoms with E-state index in [2.05, 4.69) is 20.9 Å². The summed E-state index contributed by atoms with van der Waals surface area (Å²) in [5, 5.41) is 0.653. The van der Waals surface area contributed by atoms with Gasteiger partial charge in [0.05, 0.1) is 0 Å². The van der Waals surface area contributed by atoms with E-state index in [1.54, 1.807) is 12.3 Å². The largest absolute Gasteiger partial charge is 0.438 e. The molecule has 1 aromatic carbocycles. The molecule has 17 heavy (non-hydrogen) atoms. The van der Waals surface area contributed by atoms with Crippen LogP contribution < -0.4 is 4.74 Å². The fourth-order valence-corrected chi connectivity index (χ4v) is 2.03. The summed E-state index contributed by atoms with van der Waals surface area (Å²) in [6.45, 7) is 3.92. The van der Waals surface area contributed by atoms with Gasteiger partial charge in [-0.05, 0) is 53.5 Å². The number of hydrogen-bond donors (Lipinski definition) is 0. The summed E-state index contributed by atoms with van der Waals surface area (Å²) in [5.41, 5.74) is 2.00. The third-order valence-electron chi connectivity index (χ3n) is 2.35. The van der Waals surface area contributed by atoms with Crippen LogP contribution in [0.1, 0.15) is 11.1 Å². The van der Waals surface area contributed by atoms with Crippen LogP contribution in [0.5, 0.6) is 11.6 Å². The average Bonchev–Trinajstić information content (AvgIpc) is 2.27. The molecule has 0 saturated heterocycles. The van der Waals surface area contributed by atoms with Gasteiger partial charge in [0.15, 0.2) is 0 Å². The lowest BCUT2D eigenvalue weighted by molar-refractivity contribution is 0.455. The van der Waals surface area contributed by atoms with Crippen LogP contribution in [0.15, 0.2) is 34.9 Å². The summed E-state index contributed by atoms with van der Waals surface area (Å²) in [5.74, 6) is 1.33. The third-order valence-corrected chi connectivity index (χ3v) is 3.02. The molecule has 4 heteroatoms. The highest BCUT2D eigenvalue weighted by Gasteiger charge is 2.06. The van der Waals surface area contributed by atoms with Gasteiger partial charge in [-0.2, -0.15) is 0 Å². The number of hydrogen-bond acceptors (Lipinski definition) is 2. The molecule has 0 aliphatic carbocycles. The smallest absolute Gasteiger partial charge is 0.222 e. The first-order valence-electron chi connectivity index (χ1n) is 5.12. The SMILES string of the molecule is Cc1ccc(Cl)cc1Oc1ncc(Br)cc1C. The van der Waals surface area contributed by atoms with E-state index in [9.17, 15) is 0 Å². The van der Waals surface area contributed by atoms with E-state index < -0.39 is 0 Å². The van der Waals surface area contributed by atoms with E-state index in [0.717, 1.165) is 21.3 Å². The lowest BCUT2D eigenvalue weighted by Gasteiger charge is -2.10. The molecule has 2 rings (SSSR count). The summed E-state index contributed by atoms with van der Waals surface area (Å²) < 4.78 is 6.69. The van der Waals surface area contributed by atoms with Crippen LogP contribution in [0.25, 0.3) is 0 Å². The Kier molecular flexibility index (Phi) is 3.69. The van der Waals surface area contributed by atoms with Gasteiger partial charge in [-0.25, -0.2) is 4.98 Å². The standard InChI is InChI=1S/C13H11BrClNO/c1-8-3-4-11(15)6-12(8)17-13-9(2)5-10(14)7-16-13/h3-7H,1-2H3. The Labute approximate surface area is 114 Å². The van der Waals surface area contributed by atoms with Crippen molar-refractivity contribution >= 4 is 27.5 Å². The Bertz CT molecular complexity index is 557. The molecule has 2 aromatic rings. The zero-order chi connectivity index (χ0) is 12.4. The van der Waals surface area contributed by atoms with Gasteiger partial charge < -0.3 is 4.74 Å². The number of pyridine rings is 1. The Balaban J connectivity index is 2.34. The van der Waals surface area contributed by atoms with Gasteiger partial charge in [0.2, 0.25) is 5.88 Å². The van der Waals surface area contributed by atoms with E-state index in [0.29, 0.717) is 10.9 Å². The monoisotopic (exact) mass is 311 g/mol. The maximum absolute atomic E-state index is 5.94. The molecular formula is C13H11BrClNO. The van der Waals surface area contributed by atoms with Crippen LogP contribution in [0.4, 0.5) is 0 Å². The lowest BCUT2D eigenvalue weighted by Crippen LogP contribution is -1.93. The molecule has 88 valence electrons. The van der Waals surface area contributed by atoms with E-state index in [1.165, 1.54) is 0 Å². The molecule has 0 amide bonds. The summed E-state index contributed by atoms with van der Waals surface area (Å²) in [6, 6.07) is 7.51. The molecule has 2 nitrogen and oxygen atoms in total. The van der Waals surface area contributed by atoms with Crippen molar-refractivity contribution < 1.29 is 4.74 Å². The Hall–Kier alpha value is -1.06. The van der Waals surface area contributed by atoms with Crippen molar-refractivity contribution in [2.45, 2.75) is 13.8 Å². The highest BCUT2D eigenvalue weighted by molar-refractivity contribution is 9.10. The molecule has 1 aromatic heterocycles. The van der Waals surface area contributed by atoms with E-state index >= 15 is 0 Å². The molecular weight excluding hydrogens is 302 g/mol. The maximum atomic E-state index is 5.94. The number of benzene rings is 1. The van der Waals surface area contributed by atoms with Crippen molar-refractivity contribution in [2.24, 2.45) is 0 Å². The Morgan fingerprint density at radius 1 is 1.18 bits per heavy atom. The van der Waals surface area contributed by atoms with Crippen LogP contribution in [0, 0.1) is 13.8 Å². The molecule has 0 saturated carbocycles. The maximum Gasteiger partial charge on any atom is 0.222 e. The van der Waals surface area contributed by atoms with Gasteiger partial charge in [0.25, 0.3) is 0 Å². The van der Waals surface area contributed by atoms with Crippen LogP contribution in [-0.4, -0.2) is 4.98 Å². The first-order chi connectivity index (χ1) is 8.06. The Morgan fingerprint density at radius 2 is 1.94 bits per heavy atom. The summed E-state index contributed by atoms with van der Waals surface area (Å²) in [7, 11) is 0. The third kappa shape index (κ3) is 2.99. The van der Waals surface area contributed by atoms with Gasteiger partial charge in [0, 0.05) is 21.3 Å². The van der Waals surface area contributed by atoms with Gasteiger partial charge in [-0.15, -0.1) is 0 Å². The molecule has 0 aliphatic heterocycles. The normalized spacial score (nSPS) is 10.4. The predicted octanol–water partition coefficient (Wildman–Crippen LogP) is 4.91. The second-order valence-electron chi connectivity index (χ2n) is 3.79. The van der Waals surface area contributed by atoms with Crippen molar-refractivity contribution in [1.29, 1.82) is 0 Å². The lowest BCUT2D eigenvalue weighted by atomic mass is 10.2. The molecule has 0 radical (unpaired) electrons. The van der Waals surface area contributed by atoms with Crippen molar-refractivity contribution in [3.8, 4) is 11.6 Å². The highest BCUT2D eigenvalue weighted by atomic mass is 79.9. The zero-order valence-electron chi connectivity index (χ0n) is 9.50. The minimum absolute atomic E-state index is 0.596. The van der Waals surface area contributed by atoms with E-state index in [4.69, 9.17) is 16.3 Å². The van der Waals surface area contributed by atoms with Crippen molar-refractivity contribution in [1.82, 2.24) is 4.98 Å². The second kappa shape index (κ2) is 5.07. The number of aryl methyl sites for hydroxylation is 2. The topological polar surface area (TPSA) is 22.1 Å². The number of rotatable bonds is 2. The fraction of sp³-hybridized carbons (Fsp3) is 0.154. The molecule has 0 aliphatic rings. The number of nitrogens with zero attached hydrogens (tertiary/aromatic N) is 1. The Morgan fingerprint density at radius 3 is 2.65 bits per heavy atom. The average molecular weight is 313 g/mol. The quantitative estimate of drug-likeness (QED) is 0.786. The van der Waals surface area contributed by atoms with Crippen LogP contribution in [0.2, 0.25) is 5.02 Å². The second-order valence-corrected chi connectivity index (χ2v) is 5.14. The van der Waals surface area contributed by atoms with Gasteiger partial charge >= 0.3 is 0 Å². The highest BCUT2D eigenvalue weighted by Crippen LogP contribution is 2.29. The fourth-order valence-electron chi connectivity index (χ4n) is 1.42.